The zero-order valence-corrected chi connectivity index (χ0v) is 8.59. The SMILES string of the molecule is Cc1ccc(NCCC2(O)CC2)cc1. The summed E-state index contributed by atoms with van der Waals surface area (Å²) in [4.78, 5) is 0. The van der Waals surface area contributed by atoms with E-state index in [2.05, 4.69) is 36.5 Å². The van der Waals surface area contributed by atoms with Crippen molar-refractivity contribution in [1.29, 1.82) is 0 Å². The molecule has 2 heteroatoms. The van der Waals surface area contributed by atoms with Gasteiger partial charge in [-0.25, -0.2) is 0 Å². The van der Waals surface area contributed by atoms with Crippen molar-refractivity contribution in [3.8, 4) is 0 Å². The van der Waals surface area contributed by atoms with E-state index in [1.165, 1.54) is 5.56 Å². The van der Waals surface area contributed by atoms with Gasteiger partial charge in [-0.3, -0.25) is 0 Å². The third-order valence-electron chi connectivity index (χ3n) is 2.80. The molecule has 2 N–H and O–H groups in total. The van der Waals surface area contributed by atoms with Gasteiger partial charge in [0, 0.05) is 12.2 Å². The van der Waals surface area contributed by atoms with Gasteiger partial charge >= 0.3 is 0 Å². The average Bonchev–Trinajstić information content (AvgIpc) is 2.88. The predicted molar refractivity (Wildman–Crippen MR) is 58.5 cm³/mol. The molecule has 0 atom stereocenters. The first kappa shape index (κ1) is 9.53. The summed E-state index contributed by atoms with van der Waals surface area (Å²) < 4.78 is 0. The summed E-state index contributed by atoms with van der Waals surface area (Å²) >= 11 is 0. The molecule has 1 aliphatic rings. The molecule has 1 aromatic rings. The molecule has 0 aromatic heterocycles. The third kappa shape index (κ3) is 2.48. The lowest BCUT2D eigenvalue weighted by molar-refractivity contribution is 0.144. The number of rotatable bonds is 4. The van der Waals surface area contributed by atoms with Crippen LogP contribution in [0, 0.1) is 6.92 Å². The molecule has 0 unspecified atom stereocenters. The Labute approximate surface area is 85.0 Å². The summed E-state index contributed by atoms with van der Waals surface area (Å²) in [6.45, 7) is 2.94. The van der Waals surface area contributed by atoms with E-state index >= 15 is 0 Å². The zero-order valence-electron chi connectivity index (χ0n) is 8.59. The summed E-state index contributed by atoms with van der Waals surface area (Å²) in [6, 6.07) is 8.33. The van der Waals surface area contributed by atoms with Gasteiger partial charge in [0.1, 0.15) is 0 Å². The fraction of sp³-hybridized carbons (Fsp3) is 0.500. The zero-order chi connectivity index (χ0) is 10.0. The van der Waals surface area contributed by atoms with E-state index in [9.17, 15) is 5.11 Å². The van der Waals surface area contributed by atoms with Crippen molar-refractivity contribution in [3.63, 3.8) is 0 Å². The second-order valence-electron chi connectivity index (χ2n) is 4.27. The predicted octanol–water partition coefficient (Wildman–Crippen LogP) is 2.32. The quantitative estimate of drug-likeness (QED) is 0.765. The Hall–Kier alpha value is -1.02. The Morgan fingerprint density at radius 2 is 1.93 bits per heavy atom. The minimum Gasteiger partial charge on any atom is -0.390 e. The number of nitrogens with one attached hydrogen (secondary N) is 1. The van der Waals surface area contributed by atoms with Crippen LogP contribution >= 0.6 is 0 Å². The standard InChI is InChI=1S/C12H17NO/c1-10-2-4-11(5-3-10)13-9-8-12(14)6-7-12/h2-5,13-14H,6-9H2,1H3. The maximum absolute atomic E-state index is 9.61. The molecular weight excluding hydrogens is 174 g/mol. The van der Waals surface area contributed by atoms with Crippen LogP contribution in [-0.4, -0.2) is 17.3 Å². The normalized spacial score (nSPS) is 17.9. The molecule has 1 aromatic carbocycles. The lowest BCUT2D eigenvalue weighted by atomic mass is 10.2. The van der Waals surface area contributed by atoms with Crippen LogP contribution in [0.5, 0.6) is 0 Å². The van der Waals surface area contributed by atoms with Gasteiger partial charge in [-0.15, -0.1) is 0 Å². The fourth-order valence-electron chi connectivity index (χ4n) is 1.51. The van der Waals surface area contributed by atoms with E-state index in [0.29, 0.717) is 0 Å². The Balaban J connectivity index is 1.77. The van der Waals surface area contributed by atoms with Gasteiger partial charge < -0.3 is 10.4 Å². The Morgan fingerprint density at radius 3 is 2.50 bits per heavy atom. The van der Waals surface area contributed by atoms with Crippen molar-refractivity contribution in [3.05, 3.63) is 29.8 Å². The molecule has 76 valence electrons. The first-order valence-corrected chi connectivity index (χ1v) is 5.21. The first-order valence-electron chi connectivity index (χ1n) is 5.21. The number of benzene rings is 1. The molecule has 2 nitrogen and oxygen atoms in total. The smallest absolute Gasteiger partial charge is 0.0666 e. The molecule has 0 radical (unpaired) electrons. The van der Waals surface area contributed by atoms with Gasteiger partial charge in [-0.1, -0.05) is 17.7 Å². The van der Waals surface area contributed by atoms with Crippen LogP contribution in [-0.2, 0) is 0 Å². The molecule has 1 aliphatic carbocycles. The molecule has 0 spiro atoms. The van der Waals surface area contributed by atoms with Crippen LogP contribution in [0.2, 0.25) is 0 Å². The molecular formula is C12H17NO. The van der Waals surface area contributed by atoms with Crippen LogP contribution in [0.15, 0.2) is 24.3 Å². The van der Waals surface area contributed by atoms with Gasteiger partial charge in [0.15, 0.2) is 0 Å². The fourth-order valence-corrected chi connectivity index (χ4v) is 1.51. The van der Waals surface area contributed by atoms with Gasteiger partial charge in [0.05, 0.1) is 5.60 Å². The maximum Gasteiger partial charge on any atom is 0.0666 e. The van der Waals surface area contributed by atoms with E-state index in [4.69, 9.17) is 0 Å². The number of aryl methyl sites for hydroxylation is 1. The molecule has 0 aliphatic heterocycles. The minimum absolute atomic E-state index is 0.336. The summed E-state index contributed by atoms with van der Waals surface area (Å²) in [7, 11) is 0. The van der Waals surface area contributed by atoms with Gasteiger partial charge in [-0.2, -0.15) is 0 Å². The molecule has 0 bridgehead atoms. The van der Waals surface area contributed by atoms with E-state index in [0.717, 1.165) is 31.5 Å². The minimum atomic E-state index is -0.336. The van der Waals surface area contributed by atoms with Crippen LogP contribution in [0.1, 0.15) is 24.8 Å². The average molecular weight is 191 g/mol. The second kappa shape index (κ2) is 3.62. The number of hydrogen-bond donors (Lipinski definition) is 2. The van der Waals surface area contributed by atoms with E-state index in [1.807, 2.05) is 0 Å². The summed E-state index contributed by atoms with van der Waals surface area (Å²) in [5.41, 5.74) is 2.08. The van der Waals surface area contributed by atoms with Crippen molar-refractivity contribution in [1.82, 2.24) is 0 Å². The number of anilines is 1. The lowest BCUT2D eigenvalue weighted by Gasteiger charge is -2.09. The van der Waals surface area contributed by atoms with Crippen molar-refractivity contribution >= 4 is 5.69 Å². The Bertz CT molecular complexity index is 301. The van der Waals surface area contributed by atoms with E-state index in [-0.39, 0.29) is 5.60 Å². The van der Waals surface area contributed by atoms with Crippen LogP contribution in [0.25, 0.3) is 0 Å². The topological polar surface area (TPSA) is 32.3 Å². The van der Waals surface area contributed by atoms with Gasteiger partial charge in [0.2, 0.25) is 0 Å². The highest BCUT2D eigenvalue weighted by Gasteiger charge is 2.39. The van der Waals surface area contributed by atoms with Crippen molar-refractivity contribution in [2.24, 2.45) is 0 Å². The van der Waals surface area contributed by atoms with Crippen molar-refractivity contribution < 1.29 is 5.11 Å². The molecule has 14 heavy (non-hydrogen) atoms. The number of hydrogen-bond acceptors (Lipinski definition) is 2. The summed E-state index contributed by atoms with van der Waals surface area (Å²) in [5.74, 6) is 0. The maximum atomic E-state index is 9.61. The van der Waals surface area contributed by atoms with Crippen LogP contribution < -0.4 is 5.32 Å². The largest absolute Gasteiger partial charge is 0.390 e. The Morgan fingerprint density at radius 1 is 1.29 bits per heavy atom. The first-order chi connectivity index (χ1) is 6.68. The van der Waals surface area contributed by atoms with E-state index in [1.54, 1.807) is 0 Å². The molecule has 2 rings (SSSR count). The lowest BCUT2D eigenvalue weighted by Crippen LogP contribution is -2.13. The number of aliphatic hydroxyl groups is 1. The Kier molecular flexibility index (Phi) is 2.46. The van der Waals surface area contributed by atoms with Gasteiger partial charge in [0.25, 0.3) is 0 Å². The highest BCUT2D eigenvalue weighted by Crippen LogP contribution is 2.38. The molecule has 1 fully saturated rings. The van der Waals surface area contributed by atoms with Crippen molar-refractivity contribution in [2.75, 3.05) is 11.9 Å². The second-order valence-corrected chi connectivity index (χ2v) is 4.27. The molecule has 0 amide bonds. The highest BCUT2D eigenvalue weighted by molar-refractivity contribution is 5.44. The summed E-state index contributed by atoms with van der Waals surface area (Å²) in [6.07, 6.45) is 2.81. The molecule has 1 saturated carbocycles. The van der Waals surface area contributed by atoms with Crippen LogP contribution in [0.3, 0.4) is 0 Å². The molecule has 0 saturated heterocycles. The monoisotopic (exact) mass is 191 g/mol. The van der Waals surface area contributed by atoms with Gasteiger partial charge in [-0.05, 0) is 38.3 Å². The summed E-state index contributed by atoms with van der Waals surface area (Å²) in [5, 5.41) is 12.9. The third-order valence-corrected chi connectivity index (χ3v) is 2.80. The molecule has 0 heterocycles. The van der Waals surface area contributed by atoms with Crippen LogP contribution in [0.4, 0.5) is 5.69 Å². The van der Waals surface area contributed by atoms with Crippen molar-refractivity contribution in [2.45, 2.75) is 31.8 Å². The highest BCUT2D eigenvalue weighted by atomic mass is 16.3. The van der Waals surface area contributed by atoms with E-state index < -0.39 is 0 Å².